The first-order chi connectivity index (χ1) is 14.1. The number of hydrogen-bond donors (Lipinski definition) is 2. The van der Waals surface area contributed by atoms with Crippen LogP contribution in [0.5, 0.6) is 5.75 Å². The molecule has 0 spiro atoms. The van der Waals surface area contributed by atoms with Gasteiger partial charge in [0.1, 0.15) is 11.9 Å². The molecule has 1 aliphatic heterocycles. The Morgan fingerprint density at radius 1 is 1.24 bits per heavy atom. The van der Waals surface area contributed by atoms with Gasteiger partial charge in [-0.15, -0.1) is 0 Å². The third-order valence-electron chi connectivity index (χ3n) is 5.15. The molecule has 0 aliphatic carbocycles. The average molecular weight is 396 g/mol. The first-order valence-corrected chi connectivity index (χ1v) is 10.4. The standard InChI is InChI=1S/C23H33N5O/c1-18-7-6-9-22(15-18)29-19(2)16-26-23(24-3)27-20-10-13-28(14-11-20)17-21-8-4-5-12-25-21/h4-9,12,15,19-20H,10-11,13-14,16-17H2,1-3H3,(H2,24,26,27). The van der Waals surface area contributed by atoms with Crippen LogP contribution in [-0.2, 0) is 6.54 Å². The molecule has 29 heavy (non-hydrogen) atoms. The quantitative estimate of drug-likeness (QED) is 0.557. The van der Waals surface area contributed by atoms with E-state index in [0.717, 1.165) is 49.9 Å². The molecular weight excluding hydrogens is 362 g/mol. The summed E-state index contributed by atoms with van der Waals surface area (Å²) >= 11 is 0. The summed E-state index contributed by atoms with van der Waals surface area (Å²) in [5, 5.41) is 6.95. The van der Waals surface area contributed by atoms with Crippen LogP contribution >= 0.6 is 0 Å². The third kappa shape index (κ3) is 7.06. The Labute approximate surface area is 174 Å². The normalized spacial score (nSPS) is 17.0. The highest BCUT2D eigenvalue weighted by molar-refractivity contribution is 5.80. The fourth-order valence-electron chi connectivity index (χ4n) is 3.55. The highest BCUT2D eigenvalue weighted by atomic mass is 16.5. The number of piperidine rings is 1. The van der Waals surface area contributed by atoms with Crippen LogP contribution in [0.3, 0.4) is 0 Å². The van der Waals surface area contributed by atoms with Crippen molar-refractivity contribution in [3.63, 3.8) is 0 Å². The van der Waals surface area contributed by atoms with Crippen LogP contribution < -0.4 is 15.4 Å². The molecule has 2 heterocycles. The lowest BCUT2D eigenvalue weighted by molar-refractivity contribution is 0.195. The lowest BCUT2D eigenvalue weighted by atomic mass is 10.0. The van der Waals surface area contributed by atoms with E-state index >= 15 is 0 Å². The molecule has 1 atom stereocenters. The molecular formula is C23H33N5O. The fraction of sp³-hybridized carbons (Fsp3) is 0.478. The Kier molecular flexibility index (Phi) is 7.87. The van der Waals surface area contributed by atoms with E-state index in [4.69, 9.17) is 4.74 Å². The van der Waals surface area contributed by atoms with Gasteiger partial charge in [-0.2, -0.15) is 0 Å². The molecule has 156 valence electrons. The number of aromatic nitrogens is 1. The number of ether oxygens (including phenoxy) is 1. The smallest absolute Gasteiger partial charge is 0.191 e. The van der Waals surface area contributed by atoms with Gasteiger partial charge in [0.25, 0.3) is 0 Å². The number of guanidine groups is 1. The van der Waals surface area contributed by atoms with E-state index in [9.17, 15) is 0 Å². The number of hydrogen-bond acceptors (Lipinski definition) is 4. The zero-order chi connectivity index (χ0) is 20.5. The predicted molar refractivity (Wildman–Crippen MR) is 118 cm³/mol. The minimum Gasteiger partial charge on any atom is -0.489 e. The Balaban J connectivity index is 1.38. The molecule has 0 saturated carbocycles. The van der Waals surface area contributed by atoms with Gasteiger partial charge in [0.2, 0.25) is 0 Å². The first kappa shape index (κ1) is 21.1. The van der Waals surface area contributed by atoms with Crippen LogP contribution in [0.2, 0.25) is 0 Å². The van der Waals surface area contributed by atoms with Crippen LogP contribution in [0, 0.1) is 6.92 Å². The van der Waals surface area contributed by atoms with Gasteiger partial charge in [-0.1, -0.05) is 18.2 Å². The molecule has 2 N–H and O–H groups in total. The van der Waals surface area contributed by atoms with Gasteiger partial charge < -0.3 is 15.4 Å². The second-order valence-corrected chi connectivity index (χ2v) is 7.71. The molecule has 0 radical (unpaired) electrons. The van der Waals surface area contributed by atoms with Crippen LogP contribution in [0.4, 0.5) is 0 Å². The zero-order valence-corrected chi connectivity index (χ0v) is 17.8. The minimum absolute atomic E-state index is 0.0515. The topological polar surface area (TPSA) is 61.8 Å². The van der Waals surface area contributed by atoms with Crippen molar-refractivity contribution in [2.75, 3.05) is 26.7 Å². The molecule has 1 saturated heterocycles. The van der Waals surface area contributed by atoms with Gasteiger partial charge in [0.05, 0.1) is 12.2 Å². The number of aryl methyl sites for hydroxylation is 1. The summed E-state index contributed by atoms with van der Waals surface area (Å²) in [4.78, 5) is 11.3. The number of rotatable bonds is 7. The third-order valence-corrected chi connectivity index (χ3v) is 5.15. The maximum absolute atomic E-state index is 5.99. The Hall–Kier alpha value is -2.60. The molecule has 0 bridgehead atoms. The molecule has 6 nitrogen and oxygen atoms in total. The largest absolute Gasteiger partial charge is 0.489 e. The van der Waals surface area contributed by atoms with Crippen molar-refractivity contribution in [3.05, 3.63) is 59.9 Å². The predicted octanol–water partition coefficient (Wildman–Crippen LogP) is 2.99. The summed E-state index contributed by atoms with van der Waals surface area (Å²) in [7, 11) is 1.82. The summed E-state index contributed by atoms with van der Waals surface area (Å²) in [6, 6.07) is 14.7. The summed E-state index contributed by atoms with van der Waals surface area (Å²) in [5.41, 5.74) is 2.34. The number of nitrogens with one attached hydrogen (secondary N) is 2. The van der Waals surface area contributed by atoms with E-state index in [2.05, 4.69) is 63.6 Å². The van der Waals surface area contributed by atoms with Crippen molar-refractivity contribution in [1.29, 1.82) is 0 Å². The molecule has 1 aliphatic rings. The highest BCUT2D eigenvalue weighted by Gasteiger charge is 2.20. The van der Waals surface area contributed by atoms with Crippen molar-refractivity contribution in [2.24, 2.45) is 4.99 Å². The second-order valence-electron chi connectivity index (χ2n) is 7.71. The Bertz CT molecular complexity index is 772. The molecule has 1 unspecified atom stereocenters. The first-order valence-electron chi connectivity index (χ1n) is 10.4. The van der Waals surface area contributed by atoms with Crippen LogP contribution in [-0.4, -0.2) is 54.7 Å². The highest BCUT2D eigenvalue weighted by Crippen LogP contribution is 2.14. The number of aliphatic imine (C=N–C) groups is 1. The van der Waals surface area contributed by atoms with Crippen molar-refractivity contribution in [1.82, 2.24) is 20.5 Å². The van der Waals surface area contributed by atoms with Gasteiger partial charge in [-0.3, -0.25) is 14.9 Å². The van der Waals surface area contributed by atoms with Gasteiger partial charge >= 0.3 is 0 Å². The molecule has 2 aromatic rings. The van der Waals surface area contributed by atoms with Gasteiger partial charge in [0, 0.05) is 38.9 Å². The van der Waals surface area contributed by atoms with E-state index in [1.807, 2.05) is 31.4 Å². The molecule has 0 amide bonds. The Morgan fingerprint density at radius 2 is 2.07 bits per heavy atom. The van der Waals surface area contributed by atoms with Crippen LogP contribution in [0.15, 0.2) is 53.7 Å². The maximum atomic E-state index is 5.99. The lowest BCUT2D eigenvalue weighted by Crippen LogP contribution is -2.49. The Morgan fingerprint density at radius 3 is 2.76 bits per heavy atom. The van der Waals surface area contributed by atoms with E-state index in [1.54, 1.807) is 0 Å². The molecule has 6 heteroatoms. The molecule has 1 aromatic heterocycles. The zero-order valence-electron chi connectivity index (χ0n) is 17.8. The van der Waals surface area contributed by atoms with Gasteiger partial charge in [-0.05, 0) is 56.5 Å². The number of pyridine rings is 1. The fourth-order valence-corrected chi connectivity index (χ4v) is 3.55. The van der Waals surface area contributed by atoms with Crippen molar-refractivity contribution >= 4 is 5.96 Å². The number of nitrogens with zero attached hydrogens (tertiary/aromatic N) is 3. The molecule has 1 fully saturated rings. The van der Waals surface area contributed by atoms with E-state index in [0.29, 0.717) is 12.6 Å². The number of likely N-dealkylation sites (tertiary alicyclic amines) is 1. The van der Waals surface area contributed by atoms with Gasteiger partial charge in [0.15, 0.2) is 5.96 Å². The SMILES string of the molecule is CN=C(NCC(C)Oc1cccc(C)c1)NC1CCN(Cc2ccccn2)CC1. The summed E-state index contributed by atoms with van der Waals surface area (Å²) < 4.78 is 5.99. The molecule has 3 rings (SSSR count). The van der Waals surface area contributed by atoms with Gasteiger partial charge in [-0.25, -0.2) is 0 Å². The van der Waals surface area contributed by atoms with Crippen molar-refractivity contribution in [3.8, 4) is 5.75 Å². The lowest BCUT2D eigenvalue weighted by Gasteiger charge is -2.33. The average Bonchev–Trinajstić information content (AvgIpc) is 2.73. The maximum Gasteiger partial charge on any atom is 0.191 e. The summed E-state index contributed by atoms with van der Waals surface area (Å²) in [5.74, 6) is 1.75. The minimum atomic E-state index is 0.0515. The van der Waals surface area contributed by atoms with Crippen LogP contribution in [0.1, 0.15) is 31.0 Å². The number of benzene rings is 1. The van der Waals surface area contributed by atoms with E-state index in [-0.39, 0.29) is 6.10 Å². The van der Waals surface area contributed by atoms with E-state index in [1.165, 1.54) is 5.56 Å². The van der Waals surface area contributed by atoms with E-state index < -0.39 is 0 Å². The van der Waals surface area contributed by atoms with Crippen molar-refractivity contribution < 1.29 is 4.74 Å². The molecule has 1 aromatic carbocycles. The van der Waals surface area contributed by atoms with Crippen LogP contribution in [0.25, 0.3) is 0 Å². The monoisotopic (exact) mass is 395 g/mol. The summed E-state index contributed by atoms with van der Waals surface area (Å²) in [6.07, 6.45) is 4.12. The summed E-state index contributed by atoms with van der Waals surface area (Å²) in [6.45, 7) is 7.90. The van der Waals surface area contributed by atoms with Crippen molar-refractivity contribution in [2.45, 2.75) is 45.4 Å². The second kappa shape index (κ2) is 10.8.